The van der Waals surface area contributed by atoms with Crippen LogP contribution in [0.25, 0.3) is 0 Å². The van der Waals surface area contributed by atoms with Crippen LogP contribution in [0, 0.1) is 5.82 Å². The number of benzene rings is 2. The van der Waals surface area contributed by atoms with E-state index in [0.717, 1.165) is 22.6 Å². The Morgan fingerprint density at radius 3 is 2.81 bits per heavy atom. The highest BCUT2D eigenvalue weighted by Crippen LogP contribution is 2.33. The molecule has 138 valence electrons. The van der Waals surface area contributed by atoms with E-state index in [2.05, 4.69) is 27.9 Å². The second-order valence-corrected chi connectivity index (χ2v) is 6.63. The van der Waals surface area contributed by atoms with Gasteiger partial charge < -0.3 is 10.6 Å². The van der Waals surface area contributed by atoms with Crippen LogP contribution in [0.2, 0.25) is 0 Å². The first kappa shape index (κ1) is 17.3. The van der Waals surface area contributed by atoms with Crippen LogP contribution < -0.4 is 10.6 Å². The third-order valence-corrected chi connectivity index (χ3v) is 4.80. The topological polar surface area (TPSA) is 59.0 Å². The molecule has 1 atom stereocenters. The molecule has 6 heteroatoms. The summed E-state index contributed by atoms with van der Waals surface area (Å²) in [5.74, 6) is 0.241. The smallest absolute Gasteiger partial charge is 0.257 e. The summed E-state index contributed by atoms with van der Waals surface area (Å²) in [7, 11) is 0. The second kappa shape index (κ2) is 7.23. The fourth-order valence-corrected chi connectivity index (χ4v) is 3.45. The van der Waals surface area contributed by atoms with Gasteiger partial charge in [-0.25, -0.2) is 9.07 Å². The third kappa shape index (κ3) is 3.43. The lowest BCUT2D eigenvalue weighted by Gasteiger charge is -2.12. The molecule has 2 heterocycles. The minimum atomic E-state index is -0.310. The highest BCUT2D eigenvalue weighted by molar-refractivity contribution is 6.00. The van der Waals surface area contributed by atoms with Gasteiger partial charge >= 0.3 is 0 Å². The molecule has 1 aromatic heterocycles. The predicted octanol–water partition coefficient (Wildman–Crippen LogP) is 3.68. The maximum absolute atomic E-state index is 13.3. The van der Waals surface area contributed by atoms with E-state index in [1.165, 1.54) is 12.1 Å². The van der Waals surface area contributed by atoms with E-state index in [1.807, 2.05) is 29.8 Å². The summed E-state index contributed by atoms with van der Waals surface area (Å²) in [6.07, 6.45) is 0.667. The number of carbonyl (C=O) groups is 1. The number of hydrogen-bond donors (Lipinski definition) is 2. The second-order valence-electron chi connectivity index (χ2n) is 6.63. The van der Waals surface area contributed by atoms with Crippen LogP contribution in [-0.4, -0.2) is 15.7 Å². The molecular formula is C21H21FN4O. The van der Waals surface area contributed by atoms with Gasteiger partial charge in [0.1, 0.15) is 17.2 Å². The summed E-state index contributed by atoms with van der Waals surface area (Å²) in [5, 5.41) is 10.9. The summed E-state index contributed by atoms with van der Waals surface area (Å²) in [4.78, 5) is 12.8. The minimum Gasteiger partial charge on any atom is -0.361 e. The first-order valence-electron chi connectivity index (χ1n) is 9.09. The summed E-state index contributed by atoms with van der Waals surface area (Å²) >= 11 is 0. The molecule has 2 N–H and O–H groups in total. The van der Waals surface area contributed by atoms with Gasteiger partial charge in [0.2, 0.25) is 0 Å². The molecule has 5 nitrogen and oxygen atoms in total. The van der Waals surface area contributed by atoms with Crippen LogP contribution in [0.5, 0.6) is 0 Å². The zero-order chi connectivity index (χ0) is 18.8. The molecule has 0 bridgehead atoms. The molecular weight excluding hydrogens is 343 g/mol. The van der Waals surface area contributed by atoms with Gasteiger partial charge in [0.15, 0.2) is 0 Å². The number of aromatic nitrogens is 2. The number of anilines is 1. The number of nitrogens with zero attached hydrogens (tertiary/aromatic N) is 2. The van der Waals surface area contributed by atoms with Crippen molar-refractivity contribution >= 4 is 11.7 Å². The van der Waals surface area contributed by atoms with E-state index >= 15 is 0 Å². The maximum atomic E-state index is 13.3. The van der Waals surface area contributed by atoms with Crippen molar-refractivity contribution in [2.24, 2.45) is 0 Å². The van der Waals surface area contributed by atoms with Gasteiger partial charge in [0, 0.05) is 6.54 Å². The zero-order valence-electron chi connectivity index (χ0n) is 15.1. The molecule has 1 aliphatic heterocycles. The van der Waals surface area contributed by atoms with E-state index in [9.17, 15) is 9.18 Å². The van der Waals surface area contributed by atoms with Gasteiger partial charge in [-0.2, -0.15) is 5.10 Å². The quantitative estimate of drug-likeness (QED) is 0.726. The number of nitrogens with one attached hydrogen (secondary N) is 2. The summed E-state index contributed by atoms with van der Waals surface area (Å²) in [6.45, 7) is 2.94. The first-order chi connectivity index (χ1) is 13.2. The Morgan fingerprint density at radius 1 is 1.26 bits per heavy atom. The van der Waals surface area contributed by atoms with Gasteiger partial charge in [0.05, 0.1) is 18.3 Å². The Kier molecular flexibility index (Phi) is 4.62. The van der Waals surface area contributed by atoms with Crippen molar-refractivity contribution in [2.75, 3.05) is 5.32 Å². The Bertz CT molecular complexity index is 968. The van der Waals surface area contributed by atoms with Gasteiger partial charge in [-0.3, -0.25) is 4.79 Å². The van der Waals surface area contributed by atoms with Crippen molar-refractivity contribution in [1.29, 1.82) is 0 Å². The monoisotopic (exact) mass is 364 g/mol. The number of aryl methyl sites for hydroxylation is 1. The molecule has 0 saturated carbocycles. The van der Waals surface area contributed by atoms with E-state index in [1.54, 1.807) is 12.1 Å². The number of halogens is 1. The van der Waals surface area contributed by atoms with Crippen LogP contribution in [-0.2, 0) is 19.5 Å². The molecule has 0 aliphatic carbocycles. The van der Waals surface area contributed by atoms with E-state index in [-0.39, 0.29) is 24.3 Å². The van der Waals surface area contributed by atoms with Gasteiger partial charge in [0.25, 0.3) is 5.91 Å². The summed E-state index contributed by atoms with van der Waals surface area (Å²) in [5.41, 5.74) is 3.22. The van der Waals surface area contributed by atoms with Gasteiger partial charge in [-0.05, 0) is 29.7 Å². The first-order valence-corrected chi connectivity index (χ1v) is 9.09. The molecule has 1 aliphatic rings. The van der Waals surface area contributed by atoms with Gasteiger partial charge in [-0.1, -0.05) is 49.4 Å². The maximum Gasteiger partial charge on any atom is 0.257 e. The van der Waals surface area contributed by atoms with Crippen molar-refractivity contribution in [3.05, 3.63) is 82.8 Å². The average Bonchev–Trinajstić information content (AvgIpc) is 3.24. The van der Waals surface area contributed by atoms with Gasteiger partial charge in [-0.15, -0.1) is 0 Å². The minimum absolute atomic E-state index is 0.0920. The van der Waals surface area contributed by atoms with Crippen LogP contribution in [0.15, 0.2) is 54.6 Å². The standard InChI is InChI=1S/C21H21FN4O/c1-2-17-19(21(27)23-12-14-7-6-10-16(22)11-14)20-24-18(13-26(20)25-17)15-8-4-3-5-9-15/h3-11,18,24H,2,12-13H2,1H3,(H,23,27)/t18-/m1/s1. The fraction of sp³-hybridized carbons (Fsp3) is 0.238. The Balaban J connectivity index is 1.54. The van der Waals surface area contributed by atoms with Crippen molar-refractivity contribution in [1.82, 2.24) is 15.1 Å². The molecule has 0 fully saturated rings. The molecule has 0 spiro atoms. The van der Waals surface area contributed by atoms with E-state index in [0.29, 0.717) is 18.5 Å². The highest BCUT2D eigenvalue weighted by atomic mass is 19.1. The molecule has 1 amide bonds. The molecule has 27 heavy (non-hydrogen) atoms. The van der Waals surface area contributed by atoms with Crippen molar-refractivity contribution in [3.63, 3.8) is 0 Å². The van der Waals surface area contributed by atoms with Crippen molar-refractivity contribution < 1.29 is 9.18 Å². The molecule has 2 aromatic carbocycles. The number of rotatable bonds is 5. The van der Waals surface area contributed by atoms with Crippen molar-refractivity contribution in [3.8, 4) is 0 Å². The largest absolute Gasteiger partial charge is 0.361 e. The molecule has 3 aromatic rings. The number of fused-ring (bicyclic) bond motifs is 1. The molecule has 0 saturated heterocycles. The molecule has 0 unspecified atom stereocenters. The molecule has 0 radical (unpaired) electrons. The van der Waals surface area contributed by atoms with Crippen LogP contribution >= 0.6 is 0 Å². The summed E-state index contributed by atoms with van der Waals surface area (Å²) in [6, 6.07) is 16.4. The Labute approximate surface area is 157 Å². The SMILES string of the molecule is CCc1nn2c(c1C(=O)NCc1cccc(F)c1)N[C@@H](c1ccccc1)C2. The number of carbonyl (C=O) groups excluding carboxylic acids is 1. The lowest BCUT2D eigenvalue weighted by Crippen LogP contribution is -2.24. The third-order valence-electron chi connectivity index (χ3n) is 4.80. The highest BCUT2D eigenvalue weighted by Gasteiger charge is 2.30. The molecule has 4 rings (SSSR count). The van der Waals surface area contributed by atoms with Crippen LogP contribution in [0.1, 0.15) is 40.1 Å². The summed E-state index contributed by atoms with van der Waals surface area (Å²) < 4.78 is 15.2. The lowest BCUT2D eigenvalue weighted by molar-refractivity contribution is 0.0951. The van der Waals surface area contributed by atoms with Crippen molar-refractivity contribution in [2.45, 2.75) is 32.5 Å². The zero-order valence-corrected chi connectivity index (χ0v) is 15.1. The fourth-order valence-electron chi connectivity index (χ4n) is 3.45. The average molecular weight is 364 g/mol. The van der Waals surface area contributed by atoms with E-state index < -0.39 is 0 Å². The normalized spacial score (nSPS) is 15.3. The predicted molar refractivity (Wildman–Crippen MR) is 102 cm³/mol. The number of amides is 1. The lowest BCUT2D eigenvalue weighted by atomic mass is 10.1. The van der Waals surface area contributed by atoms with Crippen LogP contribution in [0.4, 0.5) is 10.2 Å². The Hall–Kier alpha value is -3.15. The Morgan fingerprint density at radius 2 is 2.07 bits per heavy atom. The van der Waals surface area contributed by atoms with E-state index in [4.69, 9.17) is 0 Å². The number of hydrogen-bond acceptors (Lipinski definition) is 3. The van der Waals surface area contributed by atoms with Crippen LogP contribution in [0.3, 0.4) is 0 Å².